The number of nitrogens with zero attached hydrogens (tertiary/aromatic N) is 1. The Bertz CT molecular complexity index is 673. The maximum Gasteiger partial charge on any atom is 0.244 e. The van der Waals surface area contributed by atoms with Crippen LogP contribution in [0, 0.1) is 17.8 Å². The molecule has 0 aromatic carbocycles. The first-order chi connectivity index (χ1) is 14.3. The summed E-state index contributed by atoms with van der Waals surface area (Å²) in [6.45, 7) is 6.64. The van der Waals surface area contributed by atoms with Gasteiger partial charge in [0, 0.05) is 18.8 Å². The van der Waals surface area contributed by atoms with E-state index in [9.17, 15) is 19.5 Å². The maximum atomic E-state index is 13.7. The van der Waals surface area contributed by atoms with E-state index in [1.54, 1.807) is 23.7 Å². The second-order valence-electron chi connectivity index (χ2n) is 9.38. The lowest BCUT2D eigenvalue weighted by Gasteiger charge is -2.37. The number of aliphatic hydroxyl groups excluding tert-OH is 1. The monoisotopic (exact) mass is 439 g/mol. The van der Waals surface area contributed by atoms with Crippen LogP contribution in [-0.2, 0) is 14.4 Å². The molecule has 0 radical (unpaired) electrons. The summed E-state index contributed by atoms with van der Waals surface area (Å²) in [5.41, 5.74) is 0. The van der Waals surface area contributed by atoms with E-state index in [0.29, 0.717) is 13.0 Å². The van der Waals surface area contributed by atoms with Crippen molar-refractivity contribution in [3.05, 3.63) is 0 Å². The highest BCUT2D eigenvalue weighted by Gasteiger charge is 2.74. The van der Waals surface area contributed by atoms with Gasteiger partial charge < -0.3 is 20.6 Å². The fraction of sp³-hybridized carbons (Fsp3) is 0.864. The summed E-state index contributed by atoms with van der Waals surface area (Å²) in [5, 5.41) is 16.0. The molecule has 0 aromatic heterocycles. The molecule has 3 aliphatic rings. The van der Waals surface area contributed by atoms with Gasteiger partial charge in [-0.3, -0.25) is 14.4 Å². The van der Waals surface area contributed by atoms with Crippen molar-refractivity contribution in [1.82, 2.24) is 15.5 Å². The summed E-state index contributed by atoms with van der Waals surface area (Å²) in [6.07, 6.45) is 5.25. The number of aliphatic hydroxyl groups is 1. The van der Waals surface area contributed by atoms with Crippen molar-refractivity contribution in [2.75, 3.05) is 20.2 Å². The molecule has 1 spiro atoms. The Morgan fingerprint density at radius 2 is 2.03 bits per heavy atom. The lowest BCUT2D eigenvalue weighted by atomic mass is 9.71. The summed E-state index contributed by atoms with van der Waals surface area (Å²) in [5.74, 6) is -0.990. The fourth-order valence-electron chi connectivity index (χ4n) is 5.75. The van der Waals surface area contributed by atoms with Crippen LogP contribution >= 0.6 is 11.8 Å². The summed E-state index contributed by atoms with van der Waals surface area (Å²) < 4.78 is -0.571. The SMILES string of the molecule is CCCCCNC(=O)C1N([C@@H](CO)CC(C)C)C(=O)[C@@H]2[C@@H](C(=O)NC)[C@H]3CCC12S3. The molecule has 30 heavy (non-hydrogen) atoms. The molecule has 7 nitrogen and oxygen atoms in total. The molecule has 0 aromatic rings. The van der Waals surface area contributed by atoms with Gasteiger partial charge in [-0.25, -0.2) is 0 Å². The fourth-order valence-corrected chi connectivity index (χ4v) is 7.96. The summed E-state index contributed by atoms with van der Waals surface area (Å²) in [6, 6.07) is -1.04. The first-order valence-electron chi connectivity index (χ1n) is 11.4. The molecule has 6 atom stereocenters. The molecule has 8 heteroatoms. The van der Waals surface area contributed by atoms with E-state index in [1.807, 2.05) is 0 Å². The van der Waals surface area contributed by atoms with Crippen LogP contribution in [0.4, 0.5) is 0 Å². The Balaban J connectivity index is 1.95. The van der Waals surface area contributed by atoms with Crippen LogP contribution in [0.15, 0.2) is 0 Å². The number of unbranched alkanes of at least 4 members (excludes halogenated alkanes) is 2. The number of thioether (sulfide) groups is 1. The first-order valence-corrected chi connectivity index (χ1v) is 12.3. The van der Waals surface area contributed by atoms with Crippen molar-refractivity contribution in [3.8, 4) is 0 Å². The Kier molecular flexibility index (Phi) is 7.38. The molecule has 0 aliphatic carbocycles. The molecule has 3 rings (SSSR count). The number of rotatable bonds is 10. The van der Waals surface area contributed by atoms with Crippen molar-refractivity contribution in [2.24, 2.45) is 17.8 Å². The third-order valence-corrected chi connectivity index (χ3v) is 8.91. The number of carbonyl (C=O) groups is 3. The number of likely N-dealkylation sites (tertiary alicyclic amines) is 1. The Morgan fingerprint density at radius 3 is 2.63 bits per heavy atom. The Morgan fingerprint density at radius 1 is 1.30 bits per heavy atom. The van der Waals surface area contributed by atoms with Gasteiger partial charge >= 0.3 is 0 Å². The molecule has 3 heterocycles. The van der Waals surface area contributed by atoms with Crippen LogP contribution < -0.4 is 10.6 Å². The van der Waals surface area contributed by atoms with Gasteiger partial charge in [0.05, 0.1) is 29.2 Å². The van der Waals surface area contributed by atoms with Gasteiger partial charge in [0.25, 0.3) is 0 Å². The highest BCUT2D eigenvalue weighted by Crippen LogP contribution is 2.66. The van der Waals surface area contributed by atoms with Crippen molar-refractivity contribution < 1.29 is 19.5 Å². The van der Waals surface area contributed by atoms with Crippen LogP contribution in [0.25, 0.3) is 0 Å². The largest absolute Gasteiger partial charge is 0.394 e. The normalized spacial score (nSPS) is 33.1. The van der Waals surface area contributed by atoms with E-state index in [-0.39, 0.29) is 35.5 Å². The molecular formula is C22H37N3O4S. The van der Waals surface area contributed by atoms with Gasteiger partial charge in [-0.2, -0.15) is 0 Å². The predicted molar refractivity (Wildman–Crippen MR) is 118 cm³/mol. The number of hydrogen-bond acceptors (Lipinski definition) is 5. The van der Waals surface area contributed by atoms with Crippen LogP contribution in [0.5, 0.6) is 0 Å². The highest BCUT2D eigenvalue weighted by atomic mass is 32.2. The zero-order chi connectivity index (χ0) is 22.1. The highest BCUT2D eigenvalue weighted by molar-refractivity contribution is 8.02. The third kappa shape index (κ3) is 3.85. The molecule has 3 fully saturated rings. The minimum Gasteiger partial charge on any atom is -0.394 e. The van der Waals surface area contributed by atoms with Gasteiger partial charge in [0.1, 0.15) is 6.04 Å². The van der Waals surface area contributed by atoms with Crippen LogP contribution in [0.3, 0.4) is 0 Å². The quantitative estimate of drug-likeness (QED) is 0.449. The molecule has 3 saturated heterocycles. The van der Waals surface area contributed by atoms with E-state index in [0.717, 1.165) is 32.1 Å². The molecular weight excluding hydrogens is 402 g/mol. The molecule has 0 saturated carbocycles. The van der Waals surface area contributed by atoms with Crippen molar-refractivity contribution in [3.63, 3.8) is 0 Å². The number of nitrogens with one attached hydrogen (secondary N) is 2. The molecule has 2 unspecified atom stereocenters. The van der Waals surface area contributed by atoms with Gasteiger partial charge in [-0.1, -0.05) is 33.6 Å². The first kappa shape index (κ1) is 23.4. The number of carbonyl (C=O) groups excluding carboxylic acids is 3. The average molecular weight is 440 g/mol. The number of hydrogen-bond donors (Lipinski definition) is 3. The van der Waals surface area contributed by atoms with Gasteiger partial charge in [-0.15, -0.1) is 11.8 Å². The van der Waals surface area contributed by atoms with Gasteiger partial charge in [0.2, 0.25) is 17.7 Å². The van der Waals surface area contributed by atoms with Crippen LogP contribution in [0.1, 0.15) is 59.3 Å². The molecule has 3 amide bonds. The lowest BCUT2D eigenvalue weighted by molar-refractivity contribution is -0.143. The van der Waals surface area contributed by atoms with E-state index in [1.165, 1.54) is 0 Å². The topological polar surface area (TPSA) is 98.7 Å². The van der Waals surface area contributed by atoms with E-state index < -0.39 is 28.7 Å². The van der Waals surface area contributed by atoms with E-state index in [4.69, 9.17) is 0 Å². The summed E-state index contributed by atoms with van der Waals surface area (Å²) in [4.78, 5) is 41.5. The minimum atomic E-state index is -0.628. The Hall–Kier alpha value is -1.28. The van der Waals surface area contributed by atoms with Crippen molar-refractivity contribution in [2.45, 2.75) is 81.4 Å². The molecule has 3 N–H and O–H groups in total. The van der Waals surface area contributed by atoms with Crippen LogP contribution in [0.2, 0.25) is 0 Å². The predicted octanol–water partition coefficient (Wildman–Crippen LogP) is 1.54. The number of amides is 3. The summed E-state index contributed by atoms with van der Waals surface area (Å²) >= 11 is 1.67. The van der Waals surface area contributed by atoms with Gasteiger partial charge in [0.15, 0.2) is 0 Å². The zero-order valence-corrected chi connectivity index (χ0v) is 19.5. The van der Waals surface area contributed by atoms with Crippen LogP contribution in [-0.4, -0.2) is 70.0 Å². The van der Waals surface area contributed by atoms with E-state index in [2.05, 4.69) is 31.4 Å². The van der Waals surface area contributed by atoms with Crippen molar-refractivity contribution in [1.29, 1.82) is 0 Å². The van der Waals surface area contributed by atoms with Gasteiger partial charge in [-0.05, 0) is 31.6 Å². The standard InChI is InChI=1S/C22H37N3O4S/c1-5-6-7-10-24-20(28)18-22-9-8-15(30-22)16(19(27)23-4)17(22)21(29)25(18)14(12-26)11-13(2)3/h13-18,26H,5-12H2,1-4H3,(H,23,27)(H,24,28)/t14-,15-,16+,17+,18?,22?/m1/s1. The minimum absolute atomic E-state index is 0.0779. The number of fused-ring (bicyclic) bond motifs is 1. The maximum absolute atomic E-state index is 13.7. The Labute approximate surface area is 184 Å². The molecule has 3 aliphatic heterocycles. The summed E-state index contributed by atoms with van der Waals surface area (Å²) in [7, 11) is 1.61. The molecule has 2 bridgehead atoms. The van der Waals surface area contributed by atoms with E-state index >= 15 is 0 Å². The third-order valence-electron chi connectivity index (χ3n) is 6.96. The van der Waals surface area contributed by atoms with Crippen molar-refractivity contribution >= 4 is 29.5 Å². The zero-order valence-electron chi connectivity index (χ0n) is 18.6. The average Bonchev–Trinajstić information content (AvgIpc) is 3.36. The second-order valence-corrected chi connectivity index (χ2v) is 11.0. The second kappa shape index (κ2) is 9.47. The molecule has 170 valence electrons. The smallest absolute Gasteiger partial charge is 0.244 e. The lowest BCUT2D eigenvalue weighted by Crippen LogP contribution is -2.56.